The van der Waals surface area contributed by atoms with Gasteiger partial charge in [-0.15, -0.1) is 0 Å². The first-order valence-electron chi connectivity index (χ1n) is 8.39. The molecule has 2 unspecified atom stereocenters. The molecule has 0 aromatic heterocycles. The van der Waals surface area contributed by atoms with Crippen molar-refractivity contribution in [3.8, 4) is 0 Å². The SMILES string of the molecule is c1ccc(C2=NNC(c3ccccc3)C(c3ccccc3)C2)cc1. The predicted octanol–water partition coefficient (Wildman–Crippen LogP) is 4.91. The molecule has 0 bridgehead atoms. The van der Waals surface area contributed by atoms with E-state index in [0.29, 0.717) is 5.92 Å². The smallest absolute Gasteiger partial charge is 0.0761 e. The third-order valence-electron chi connectivity index (χ3n) is 4.65. The molecular weight excluding hydrogens is 292 g/mol. The topological polar surface area (TPSA) is 24.4 Å². The molecule has 0 spiro atoms. The summed E-state index contributed by atoms with van der Waals surface area (Å²) >= 11 is 0. The minimum atomic E-state index is 0.195. The third-order valence-corrected chi connectivity index (χ3v) is 4.65. The second-order valence-electron chi connectivity index (χ2n) is 6.16. The molecule has 2 nitrogen and oxygen atoms in total. The van der Waals surface area contributed by atoms with Crippen molar-refractivity contribution in [3.05, 3.63) is 108 Å². The van der Waals surface area contributed by atoms with Crippen molar-refractivity contribution in [2.45, 2.75) is 18.4 Å². The van der Waals surface area contributed by atoms with Crippen LogP contribution in [0, 0.1) is 0 Å². The number of hydrogen-bond donors (Lipinski definition) is 1. The van der Waals surface area contributed by atoms with Crippen molar-refractivity contribution in [1.82, 2.24) is 5.43 Å². The van der Waals surface area contributed by atoms with Gasteiger partial charge in [-0.2, -0.15) is 5.10 Å². The van der Waals surface area contributed by atoms with Crippen LogP contribution in [0.3, 0.4) is 0 Å². The Labute approximate surface area is 142 Å². The first kappa shape index (κ1) is 14.7. The molecule has 1 heterocycles. The van der Waals surface area contributed by atoms with E-state index in [4.69, 9.17) is 5.10 Å². The van der Waals surface area contributed by atoms with Crippen LogP contribution >= 0.6 is 0 Å². The molecule has 2 atom stereocenters. The Hall–Kier alpha value is -2.87. The Bertz CT molecular complexity index is 810. The van der Waals surface area contributed by atoms with Gasteiger partial charge in [-0.3, -0.25) is 0 Å². The monoisotopic (exact) mass is 312 g/mol. The van der Waals surface area contributed by atoms with E-state index in [1.807, 2.05) is 6.07 Å². The minimum Gasteiger partial charge on any atom is -0.302 e. The first-order chi connectivity index (χ1) is 11.9. The fraction of sp³-hybridized carbons (Fsp3) is 0.136. The van der Waals surface area contributed by atoms with E-state index in [-0.39, 0.29) is 6.04 Å². The molecule has 1 aliphatic rings. The molecule has 0 radical (unpaired) electrons. The molecule has 0 saturated carbocycles. The Kier molecular flexibility index (Phi) is 4.11. The Morgan fingerprint density at radius 2 is 1.21 bits per heavy atom. The lowest BCUT2D eigenvalue weighted by molar-refractivity contribution is 0.443. The highest BCUT2D eigenvalue weighted by atomic mass is 15.3. The number of nitrogens with one attached hydrogen (secondary N) is 1. The van der Waals surface area contributed by atoms with E-state index in [2.05, 4.69) is 90.4 Å². The van der Waals surface area contributed by atoms with Crippen LogP contribution in [0.2, 0.25) is 0 Å². The van der Waals surface area contributed by atoms with Crippen LogP contribution in [0.15, 0.2) is 96.1 Å². The molecule has 24 heavy (non-hydrogen) atoms. The molecule has 1 aliphatic heterocycles. The molecule has 3 aromatic carbocycles. The average Bonchev–Trinajstić information content (AvgIpc) is 2.69. The van der Waals surface area contributed by atoms with E-state index in [1.165, 1.54) is 16.7 Å². The fourth-order valence-corrected chi connectivity index (χ4v) is 3.40. The normalized spacial score (nSPS) is 20.1. The summed E-state index contributed by atoms with van der Waals surface area (Å²) in [6.45, 7) is 0. The van der Waals surface area contributed by atoms with Gasteiger partial charge in [0.25, 0.3) is 0 Å². The summed E-state index contributed by atoms with van der Waals surface area (Å²) in [7, 11) is 0. The lowest BCUT2D eigenvalue weighted by atomic mass is 9.81. The Morgan fingerprint density at radius 3 is 1.83 bits per heavy atom. The third kappa shape index (κ3) is 2.95. The number of nitrogens with zero attached hydrogens (tertiary/aromatic N) is 1. The van der Waals surface area contributed by atoms with Gasteiger partial charge in [-0.25, -0.2) is 0 Å². The lowest BCUT2D eigenvalue weighted by Crippen LogP contribution is -2.31. The van der Waals surface area contributed by atoms with Gasteiger partial charge >= 0.3 is 0 Å². The van der Waals surface area contributed by atoms with Crippen LogP contribution in [0.5, 0.6) is 0 Å². The number of rotatable bonds is 3. The summed E-state index contributed by atoms with van der Waals surface area (Å²) in [6, 6.07) is 32.0. The maximum Gasteiger partial charge on any atom is 0.0761 e. The van der Waals surface area contributed by atoms with Crippen LogP contribution in [-0.4, -0.2) is 5.71 Å². The molecule has 118 valence electrons. The highest BCUT2D eigenvalue weighted by Crippen LogP contribution is 2.37. The van der Waals surface area contributed by atoms with Gasteiger partial charge in [-0.1, -0.05) is 91.0 Å². The van der Waals surface area contributed by atoms with Crippen molar-refractivity contribution in [3.63, 3.8) is 0 Å². The molecule has 0 saturated heterocycles. The van der Waals surface area contributed by atoms with Gasteiger partial charge in [0.05, 0.1) is 11.8 Å². The zero-order chi connectivity index (χ0) is 16.2. The van der Waals surface area contributed by atoms with Crippen LogP contribution in [0.1, 0.15) is 35.1 Å². The summed E-state index contributed by atoms with van der Waals surface area (Å²) in [5, 5.41) is 4.70. The molecule has 1 N–H and O–H groups in total. The summed E-state index contributed by atoms with van der Waals surface area (Å²) in [4.78, 5) is 0. The summed E-state index contributed by atoms with van der Waals surface area (Å²) in [6.07, 6.45) is 0.931. The van der Waals surface area contributed by atoms with Gasteiger partial charge in [-0.05, 0) is 16.7 Å². The standard InChI is InChI=1S/C22H20N2/c1-4-10-17(11-5-1)20-16-21(18-12-6-2-7-13-18)23-24-22(20)19-14-8-3-9-15-19/h1-15,20,22,24H,16H2. The summed E-state index contributed by atoms with van der Waals surface area (Å²) < 4.78 is 0. The lowest BCUT2D eigenvalue weighted by Gasteiger charge is -2.32. The van der Waals surface area contributed by atoms with Crippen LogP contribution < -0.4 is 5.43 Å². The van der Waals surface area contributed by atoms with Crippen molar-refractivity contribution < 1.29 is 0 Å². The predicted molar refractivity (Wildman–Crippen MR) is 99.1 cm³/mol. The van der Waals surface area contributed by atoms with Crippen LogP contribution in [0.4, 0.5) is 0 Å². The Balaban J connectivity index is 1.72. The summed E-state index contributed by atoms with van der Waals surface area (Å²) in [5.41, 5.74) is 8.36. The molecule has 3 aromatic rings. The summed E-state index contributed by atoms with van der Waals surface area (Å²) in [5.74, 6) is 0.362. The minimum absolute atomic E-state index is 0.195. The fourth-order valence-electron chi connectivity index (χ4n) is 3.40. The first-order valence-corrected chi connectivity index (χ1v) is 8.39. The highest BCUT2D eigenvalue weighted by molar-refractivity contribution is 6.01. The van der Waals surface area contributed by atoms with Crippen LogP contribution in [0.25, 0.3) is 0 Å². The zero-order valence-electron chi connectivity index (χ0n) is 13.5. The maximum absolute atomic E-state index is 4.70. The van der Waals surface area contributed by atoms with Crippen molar-refractivity contribution >= 4 is 5.71 Å². The number of hydrogen-bond acceptors (Lipinski definition) is 2. The van der Waals surface area contributed by atoms with Crippen molar-refractivity contribution in [2.75, 3.05) is 0 Å². The van der Waals surface area contributed by atoms with E-state index < -0.39 is 0 Å². The second-order valence-corrected chi connectivity index (χ2v) is 6.16. The van der Waals surface area contributed by atoms with E-state index in [9.17, 15) is 0 Å². The number of benzene rings is 3. The molecular formula is C22H20N2. The van der Waals surface area contributed by atoms with E-state index in [1.54, 1.807) is 0 Å². The van der Waals surface area contributed by atoms with E-state index in [0.717, 1.165) is 12.1 Å². The largest absolute Gasteiger partial charge is 0.302 e. The maximum atomic E-state index is 4.70. The van der Waals surface area contributed by atoms with E-state index >= 15 is 0 Å². The quantitative estimate of drug-likeness (QED) is 0.730. The van der Waals surface area contributed by atoms with Crippen molar-refractivity contribution in [1.29, 1.82) is 0 Å². The van der Waals surface area contributed by atoms with Gasteiger partial charge < -0.3 is 5.43 Å². The average molecular weight is 312 g/mol. The van der Waals surface area contributed by atoms with Gasteiger partial charge in [0.15, 0.2) is 0 Å². The molecule has 0 aliphatic carbocycles. The van der Waals surface area contributed by atoms with Gasteiger partial charge in [0, 0.05) is 12.3 Å². The molecule has 0 amide bonds. The second kappa shape index (κ2) is 6.71. The number of hydrazone groups is 1. The molecule has 0 fully saturated rings. The van der Waals surface area contributed by atoms with Gasteiger partial charge in [0.1, 0.15) is 0 Å². The highest BCUT2D eigenvalue weighted by Gasteiger charge is 2.29. The van der Waals surface area contributed by atoms with Gasteiger partial charge in [0.2, 0.25) is 0 Å². The zero-order valence-corrected chi connectivity index (χ0v) is 13.5. The molecule has 4 rings (SSSR count). The van der Waals surface area contributed by atoms with Crippen LogP contribution in [-0.2, 0) is 0 Å². The Morgan fingerprint density at radius 1 is 0.667 bits per heavy atom. The van der Waals surface area contributed by atoms with Crippen molar-refractivity contribution in [2.24, 2.45) is 5.10 Å². The molecule has 2 heteroatoms.